The molecule has 0 bridgehead atoms. The van der Waals surface area contributed by atoms with Gasteiger partial charge in [0, 0.05) is 57.4 Å². The second-order valence-corrected chi connectivity index (χ2v) is 9.70. The molecule has 36 heavy (non-hydrogen) atoms. The number of aromatic nitrogens is 1. The first-order valence-corrected chi connectivity index (χ1v) is 13.3. The highest BCUT2D eigenvalue weighted by atomic mass is 16.5. The average molecular weight is 488 g/mol. The van der Waals surface area contributed by atoms with Crippen LogP contribution in [-0.4, -0.2) is 75.3 Å². The van der Waals surface area contributed by atoms with Crippen LogP contribution in [0.3, 0.4) is 0 Å². The molecule has 1 aromatic heterocycles. The van der Waals surface area contributed by atoms with E-state index in [2.05, 4.69) is 38.2 Å². The Hall–Kier alpha value is -3.32. The van der Waals surface area contributed by atoms with Gasteiger partial charge in [-0.3, -0.25) is 9.69 Å². The number of hydrogen-bond acceptors (Lipinski definition) is 6. The molecule has 1 N–H and O–H groups in total. The molecule has 5 rings (SSSR count). The molecule has 0 saturated carbocycles. The summed E-state index contributed by atoms with van der Waals surface area (Å²) in [6.07, 6.45) is 6.38. The van der Waals surface area contributed by atoms with E-state index in [4.69, 9.17) is 9.72 Å². The van der Waals surface area contributed by atoms with Gasteiger partial charge in [0.25, 0.3) is 5.91 Å². The van der Waals surface area contributed by atoms with Crippen molar-refractivity contribution in [2.24, 2.45) is 0 Å². The summed E-state index contributed by atoms with van der Waals surface area (Å²) < 4.78 is 5.53. The first-order chi connectivity index (χ1) is 17.7. The zero-order valence-electron chi connectivity index (χ0n) is 21.3. The lowest BCUT2D eigenvalue weighted by atomic mass is 10.0. The minimum atomic E-state index is -0.0371. The van der Waals surface area contributed by atoms with Gasteiger partial charge in [-0.25, -0.2) is 4.98 Å². The van der Waals surface area contributed by atoms with Crippen LogP contribution >= 0.6 is 0 Å². The number of methoxy groups -OCH3 is 1. The third kappa shape index (κ3) is 5.41. The first-order valence-electron chi connectivity index (χ1n) is 13.3. The smallest absolute Gasteiger partial charge is 0.253 e. The molecule has 3 aromatic rings. The number of amides is 1. The van der Waals surface area contributed by atoms with Gasteiger partial charge in [0.2, 0.25) is 0 Å². The second-order valence-electron chi connectivity index (χ2n) is 9.70. The fourth-order valence-corrected chi connectivity index (χ4v) is 5.42. The van der Waals surface area contributed by atoms with Crippen molar-refractivity contribution >= 4 is 28.2 Å². The first kappa shape index (κ1) is 24.4. The zero-order valence-corrected chi connectivity index (χ0v) is 21.3. The minimum Gasteiger partial charge on any atom is -0.495 e. The van der Waals surface area contributed by atoms with Crippen molar-refractivity contribution in [1.29, 1.82) is 0 Å². The molecule has 0 spiro atoms. The van der Waals surface area contributed by atoms with Crippen molar-refractivity contribution in [3.8, 4) is 5.75 Å². The molecule has 190 valence electrons. The quantitative estimate of drug-likeness (QED) is 0.481. The lowest BCUT2D eigenvalue weighted by Gasteiger charge is -2.36. The number of nitrogens with one attached hydrogen (secondary N) is 1. The summed E-state index contributed by atoms with van der Waals surface area (Å²) in [5, 5.41) is 5.19. The number of piperazine rings is 1. The summed E-state index contributed by atoms with van der Waals surface area (Å²) >= 11 is 0. The van der Waals surface area contributed by atoms with Gasteiger partial charge in [-0.2, -0.15) is 0 Å². The summed E-state index contributed by atoms with van der Waals surface area (Å²) in [4.78, 5) is 25.0. The highest BCUT2D eigenvalue weighted by Gasteiger charge is 2.20. The van der Waals surface area contributed by atoms with E-state index >= 15 is 0 Å². The Bertz CT molecular complexity index is 1170. The Labute approximate surface area is 214 Å². The maximum Gasteiger partial charge on any atom is 0.253 e. The van der Waals surface area contributed by atoms with Crippen molar-refractivity contribution < 1.29 is 9.53 Å². The Balaban J connectivity index is 1.12. The fraction of sp³-hybridized carbons (Fsp3) is 0.448. The van der Waals surface area contributed by atoms with E-state index in [0.29, 0.717) is 12.1 Å². The van der Waals surface area contributed by atoms with E-state index in [0.717, 1.165) is 74.6 Å². The average Bonchev–Trinajstić information content (AvgIpc) is 2.95. The number of ether oxygens (including phenoxy) is 1. The number of anilines is 2. The molecule has 2 fully saturated rings. The largest absolute Gasteiger partial charge is 0.495 e. The number of piperidine rings is 1. The predicted octanol–water partition coefficient (Wildman–Crippen LogP) is 4.18. The SMILES string of the molecule is COc1ccccc1N1CCN(CCCNC(=O)c2cnc(N3CCCCC3)c3ccccc23)CC1. The molecule has 1 amide bonds. The van der Waals surface area contributed by atoms with Crippen LogP contribution in [0.25, 0.3) is 10.8 Å². The summed E-state index contributed by atoms with van der Waals surface area (Å²) in [7, 11) is 1.73. The molecule has 0 aliphatic carbocycles. The molecule has 3 heterocycles. The van der Waals surface area contributed by atoms with Crippen molar-refractivity contribution in [1.82, 2.24) is 15.2 Å². The molecule has 7 heteroatoms. The minimum absolute atomic E-state index is 0.0371. The van der Waals surface area contributed by atoms with Crippen molar-refractivity contribution in [3.63, 3.8) is 0 Å². The number of rotatable bonds is 8. The number of fused-ring (bicyclic) bond motifs is 1. The molecule has 0 unspecified atom stereocenters. The van der Waals surface area contributed by atoms with E-state index in [1.54, 1.807) is 13.3 Å². The maximum absolute atomic E-state index is 13.1. The summed E-state index contributed by atoms with van der Waals surface area (Å²) in [6, 6.07) is 16.4. The van der Waals surface area contributed by atoms with Gasteiger partial charge >= 0.3 is 0 Å². The van der Waals surface area contributed by atoms with Crippen LogP contribution in [0, 0.1) is 0 Å². The van der Waals surface area contributed by atoms with Crippen molar-refractivity contribution in [2.45, 2.75) is 25.7 Å². The van der Waals surface area contributed by atoms with Gasteiger partial charge in [-0.05, 0) is 49.7 Å². The van der Waals surface area contributed by atoms with Crippen LogP contribution < -0.4 is 19.9 Å². The van der Waals surface area contributed by atoms with Crippen LogP contribution in [0.2, 0.25) is 0 Å². The fourth-order valence-electron chi connectivity index (χ4n) is 5.42. The van der Waals surface area contributed by atoms with Crippen molar-refractivity contribution in [3.05, 3.63) is 60.3 Å². The number of pyridine rings is 1. The molecule has 0 radical (unpaired) electrons. The van der Waals surface area contributed by atoms with Crippen LogP contribution in [-0.2, 0) is 0 Å². The van der Waals surface area contributed by atoms with Gasteiger partial charge in [0.15, 0.2) is 0 Å². The van der Waals surface area contributed by atoms with E-state index in [9.17, 15) is 4.79 Å². The molecular weight excluding hydrogens is 450 g/mol. The number of carbonyl (C=O) groups excluding carboxylic acids is 1. The van der Waals surface area contributed by atoms with Gasteiger partial charge in [-0.15, -0.1) is 0 Å². The van der Waals surface area contributed by atoms with Crippen molar-refractivity contribution in [2.75, 3.05) is 69.3 Å². The number of para-hydroxylation sites is 2. The van der Waals surface area contributed by atoms with Gasteiger partial charge in [-0.1, -0.05) is 36.4 Å². The predicted molar refractivity (Wildman–Crippen MR) is 146 cm³/mol. The molecule has 2 aliphatic rings. The monoisotopic (exact) mass is 487 g/mol. The Morgan fingerprint density at radius 2 is 1.61 bits per heavy atom. The Kier molecular flexibility index (Phi) is 7.86. The molecule has 7 nitrogen and oxygen atoms in total. The Morgan fingerprint density at radius 1 is 0.889 bits per heavy atom. The molecule has 2 saturated heterocycles. The second kappa shape index (κ2) is 11.6. The normalized spacial score (nSPS) is 16.8. The standard InChI is InChI=1S/C29H37N5O2/c1-36-27-13-6-5-12-26(27)33-20-18-32(19-21-33)15-9-14-30-29(35)25-22-31-28(34-16-7-2-8-17-34)24-11-4-3-10-23(24)25/h3-6,10-13,22H,2,7-9,14-21H2,1H3,(H,30,35). The molecule has 2 aliphatic heterocycles. The summed E-state index contributed by atoms with van der Waals surface area (Å²) in [6.45, 7) is 7.70. The summed E-state index contributed by atoms with van der Waals surface area (Å²) in [5.74, 6) is 1.90. The molecule has 0 atom stereocenters. The zero-order chi connectivity index (χ0) is 24.7. The third-order valence-electron chi connectivity index (χ3n) is 7.41. The van der Waals surface area contributed by atoms with E-state index in [-0.39, 0.29) is 5.91 Å². The van der Waals surface area contributed by atoms with Gasteiger partial charge < -0.3 is 19.9 Å². The van der Waals surface area contributed by atoms with Crippen LogP contribution in [0.5, 0.6) is 5.75 Å². The lowest BCUT2D eigenvalue weighted by Crippen LogP contribution is -2.47. The van der Waals surface area contributed by atoms with Crippen LogP contribution in [0.4, 0.5) is 11.5 Å². The van der Waals surface area contributed by atoms with Crippen LogP contribution in [0.15, 0.2) is 54.7 Å². The van der Waals surface area contributed by atoms with E-state index in [1.807, 2.05) is 30.3 Å². The lowest BCUT2D eigenvalue weighted by molar-refractivity contribution is 0.0953. The number of carbonyl (C=O) groups is 1. The van der Waals surface area contributed by atoms with E-state index in [1.165, 1.54) is 24.9 Å². The van der Waals surface area contributed by atoms with Gasteiger partial charge in [0.1, 0.15) is 11.6 Å². The number of benzene rings is 2. The number of hydrogen-bond donors (Lipinski definition) is 1. The third-order valence-corrected chi connectivity index (χ3v) is 7.41. The maximum atomic E-state index is 13.1. The summed E-state index contributed by atoms with van der Waals surface area (Å²) in [5.41, 5.74) is 1.83. The molecular formula is C29H37N5O2. The van der Waals surface area contributed by atoms with E-state index < -0.39 is 0 Å². The topological polar surface area (TPSA) is 60.9 Å². The van der Waals surface area contributed by atoms with Gasteiger partial charge in [0.05, 0.1) is 18.4 Å². The molecule has 2 aromatic carbocycles. The Morgan fingerprint density at radius 3 is 2.39 bits per heavy atom. The number of nitrogens with zero attached hydrogens (tertiary/aromatic N) is 4. The highest BCUT2D eigenvalue weighted by Crippen LogP contribution is 2.30. The van der Waals surface area contributed by atoms with Crippen LogP contribution in [0.1, 0.15) is 36.0 Å². The highest BCUT2D eigenvalue weighted by molar-refractivity contribution is 6.09.